The molecule has 1 unspecified atom stereocenters. The topological polar surface area (TPSA) is 105 Å². The summed E-state index contributed by atoms with van der Waals surface area (Å²) in [5.74, 6) is 0.0978. The van der Waals surface area contributed by atoms with Gasteiger partial charge in [-0.15, -0.1) is 0 Å². The highest BCUT2D eigenvalue weighted by Crippen LogP contribution is 2.29. The molecule has 3 rings (SSSR count). The molecule has 0 bridgehead atoms. The summed E-state index contributed by atoms with van der Waals surface area (Å²) in [7, 11) is -3.20. The molecule has 0 saturated carbocycles. The van der Waals surface area contributed by atoms with Crippen molar-refractivity contribution in [2.24, 2.45) is 5.92 Å². The first-order valence-corrected chi connectivity index (χ1v) is 10.5. The van der Waals surface area contributed by atoms with Crippen LogP contribution in [0.15, 0.2) is 24.3 Å². The molecule has 142 valence electrons. The molecule has 0 aromatic heterocycles. The number of sulfonamides is 1. The fourth-order valence-corrected chi connectivity index (χ4v) is 4.08. The zero-order chi connectivity index (χ0) is 18.7. The van der Waals surface area contributed by atoms with Gasteiger partial charge < -0.3 is 15.4 Å². The highest BCUT2D eigenvalue weighted by molar-refractivity contribution is 7.88. The number of para-hydroxylation sites is 2. The van der Waals surface area contributed by atoms with Gasteiger partial charge in [-0.25, -0.2) is 12.7 Å². The number of nitrogens with one attached hydrogen (secondary N) is 2. The standard InChI is InChI=1S/C17H23N3O5S/c1-26(23,24)20-10-7-12(8-11-20)16(21)18-9-6-15-17(22)19-13-4-2-3-5-14(13)25-15/h2-5,12,15H,6-11H2,1H3,(H,18,21)(H,19,22). The highest BCUT2D eigenvalue weighted by Gasteiger charge is 2.30. The SMILES string of the molecule is CS(=O)(=O)N1CCC(C(=O)NCCC2Oc3ccccc3NC2=O)CC1. The number of fused-ring (bicyclic) bond motifs is 1. The van der Waals surface area contributed by atoms with Gasteiger partial charge in [0.2, 0.25) is 15.9 Å². The van der Waals surface area contributed by atoms with Gasteiger partial charge in [-0.3, -0.25) is 9.59 Å². The van der Waals surface area contributed by atoms with E-state index < -0.39 is 16.1 Å². The van der Waals surface area contributed by atoms with Crippen molar-refractivity contribution in [1.82, 2.24) is 9.62 Å². The van der Waals surface area contributed by atoms with Crippen molar-refractivity contribution < 1.29 is 22.7 Å². The first kappa shape index (κ1) is 18.7. The number of ether oxygens (including phenoxy) is 1. The first-order chi connectivity index (χ1) is 12.3. The third-order valence-corrected chi connectivity index (χ3v) is 6.01. The Kier molecular flexibility index (Phi) is 5.47. The van der Waals surface area contributed by atoms with Crippen molar-refractivity contribution in [3.63, 3.8) is 0 Å². The van der Waals surface area contributed by atoms with E-state index in [1.54, 1.807) is 12.1 Å². The van der Waals surface area contributed by atoms with Gasteiger partial charge in [-0.1, -0.05) is 12.1 Å². The van der Waals surface area contributed by atoms with Crippen LogP contribution in [-0.4, -0.2) is 56.5 Å². The summed E-state index contributed by atoms with van der Waals surface area (Å²) in [6.45, 7) is 1.05. The Morgan fingerprint density at radius 3 is 2.69 bits per heavy atom. The van der Waals surface area contributed by atoms with Crippen molar-refractivity contribution in [2.75, 3.05) is 31.2 Å². The summed E-state index contributed by atoms with van der Waals surface area (Å²) < 4.78 is 30.1. The quantitative estimate of drug-likeness (QED) is 0.776. The van der Waals surface area contributed by atoms with E-state index in [9.17, 15) is 18.0 Å². The van der Waals surface area contributed by atoms with Crippen molar-refractivity contribution in [3.8, 4) is 5.75 Å². The van der Waals surface area contributed by atoms with Gasteiger partial charge in [-0.2, -0.15) is 0 Å². The van der Waals surface area contributed by atoms with Gasteiger partial charge >= 0.3 is 0 Å². The first-order valence-electron chi connectivity index (χ1n) is 8.64. The molecule has 0 spiro atoms. The Balaban J connectivity index is 1.44. The Morgan fingerprint density at radius 1 is 1.31 bits per heavy atom. The summed E-state index contributed by atoms with van der Waals surface area (Å²) >= 11 is 0. The third kappa shape index (κ3) is 4.34. The molecule has 1 aromatic carbocycles. The van der Waals surface area contributed by atoms with Crippen molar-refractivity contribution in [1.29, 1.82) is 0 Å². The molecule has 2 amide bonds. The lowest BCUT2D eigenvalue weighted by Crippen LogP contribution is -2.44. The number of carbonyl (C=O) groups is 2. The maximum absolute atomic E-state index is 12.3. The second-order valence-corrected chi connectivity index (χ2v) is 8.59. The maximum atomic E-state index is 12.3. The second kappa shape index (κ2) is 7.63. The average molecular weight is 381 g/mol. The molecule has 1 fully saturated rings. The second-order valence-electron chi connectivity index (χ2n) is 6.61. The Morgan fingerprint density at radius 2 is 2.00 bits per heavy atom. The minimum Gasteiger partial charge on any atom is -0.478 e. The maximum Gasteiger partial charge on any atom is 0.265 e. The van der Waals surface area contributed by atoms with Crippen molar-refractivity contribution in [3.05, 3.63) is 24.3 Å². The van der Waals surface area contributed by atoms with E-state index in [0.717, 1.165) is 0 Å². The molecule has 1 aromatic rings. The van der Waals surface area contributed by atoms with Crippen LogP contribution in [0.5, 0.6) is 5.75 Å². The van der Waals surface area contributed by atoms with Crippen LogP contribution >= 0.6 is 0 Å². The van der Waals surface area contributed by atoms with Gasteiger partial charge in [0.1, 0.15) is 5.75 Å². The summed E-state index contributed by atoms with van der Waals surface area (Å²) in [6.07, 6.45) is 1.92. The lowest BCUT2D eigenvalue weighted by Gasteiger charge is -2.29. The predicted octanol–water partition coefficient (Wildman–Crippen LogP) is 0.564. The molecule has 26 heavy (non-hydrogen) atoms. The molecule has 2 heterocycles. The van der Waals surface area contributed by atoms with Crippen LogP contribution in [0.4, 0.5) is 5.69 Å². The largest absolute Gasteiger partial charge is 0.478 e. The summed E-state index contributed by atoms with van der Waals surface area (Å²) in [4.78, 5) is 24.3. The fraction of sp³-hybridized carbons (Fsp3) is 0.529. The smallest absolute Gasteiger partial charge is 0.265 e. The molecule has 0 aliphatic carbocycles. The van der Waals surface area contributed by atoms with Crippen LogP contribution in [0.3, 0.4) is 0 Å². The molecular weight excluding hydrogens is 358 g/mol. The van der Waals surface area contributed by atoms with E-state index in [1.807, 2.05) is 12.1 Å². The average Bonchev–Trinajstić information content (AvgIpc) is 2.61. The lowest BCUT2D eigenvalue weighted by atomic mass is 9.97. The molecule has 8 nitrogen and oxygen atoms in total. The number of amides is 2. The van der Waals surface area contributed by atoms with E-state index in [1.165, 1.54) is 10.6 Å². The van der Waals surface area contributed by atoms with Gasteiger partial charge in [0.05, 0.1) is 11.9 Å². The summed E-state index contributed by atoms with van der Waals surface area (Å²) in [5, 5.41) is 5.62. The lowest BCUT2D eigenvalue weighted by molar-refractivity contribution is -0.127. The molecule has 0 radical (unpaired) electrons. The van der Waals surface area contributed by atoms with E-state index in [0.29, 0.717) is 50.3 Å². The van der Waals surface area contributed by atoms with Crippen LogP contribution in [0, 0.1) is 5.92 Å². The van der Waals surface area contributed by atoms with Crippen LogP contribution in [-0.2, 0) is 19.6 Å². The molecule has 2 N–H and O–H groups in total. The third-order valence-electron chi connectivity index (χ3n) is 4.71. The van der Waals surface area contributed by atoms with E-state index in [2.05, 4.69) is 10.6 Å². The van der Waals surface area contributed by atoms with E-state index >= 15 is 0 Å². The minimum absolute atomic E-state index is 0.102. The Labute approximate surface area is 152 Å². The van der Waals surface area contributed by atoms with Crippen LogP contribution in [0.2, 0.25) is 0 Å². The number of anilines is 1. The molecule has 1 saturated heterocycles. The monoisotopic (exact) mass is 381 g/mol. The molecule has 1 atom stereocenters. The molecule has 2 aliphatic heterocycles. The number of benzene rings is 1. The number of hydrogen-bond donors (Lipinski definition) is 2. The van der Waals surface area contributed by atoms with E-state index in [4.69, 9.17) is 4.74 Å². The zero-order valence-electron chi connectivity index (χ0n) is 14.6. The summed E-state index contributed by atoms with van der Waals surface area (Å²) in [6, 6.07) is 7.21. The highest BCUT2D eigenvalue weighted by atomic mass is 32.2. The van der Waals surface area contributed by atoms with Crippen LogP contribution in [0.25, 0.3) is 0 Å². The van der Waals surface area contributed by atoms with Gasteiger partial charge in [-0.05, 0) is 25.0 Å². The van der Waals surface area contributed by atoms with Crippen molar-refractivity contribution in [2.45, 2.75) is 25.4 Å². The number of carbonyl (C=O) groups excluding carboxylic acids is 2. The number of piperidine rings is 1. The number of nitrogens with zero attached hydrogens (tertiary/aromatic N) is 1. The minimum atomic E-state index is -3.20. The molecular formula is C17H23N3O5S. The van der Waals surface area contributed by atoms with Gasteiger partial charge in [0.25, 0.3) is 5.91 Å². The van der Waals surface area contributed by atoms with Gasteiger partial charge in [0, 0.05) is 32.0 Å². The zero-order valence-corrected chi connectivity index (χ0v) is 15.4. The van der Waals surface area contributed by atoms with Crippen LogP contribution < -0.4 is 15.4 Å². The Hall–Kier alpha value is -2.13. The van der Waals surface area contributed by atoms with Crippen LogP contribution in [0.1, 0.15) is 19.3 Å². The predicted molar refractivity (Wildman–Crippen MR) is 96.3 cm³/mol. The van der Waals surface area contributed by atoms with E-state index in [-0.39, 0.29) is 17.7 Å². The summed E-state index contributed by atoms with van der Waals surface area (Å²) in [5.41, 5.74) is 0.649. The molecule has 2 aliphatic rings. The number of hydrogen-bond acceptors (Lipinski definition) is 5. The van der Waals surface area contributed by atoms with Crippen molar-refractivity contribution >= 4 is 27.5 Å². The Bertz CT molecular complexity index is 787. The normalized spacial score (nSPS) is 21.4. The van der Waals surface area contributed by atoms with Gasteiger partial charge in [0.15, 0.2) is 6.10 Å². The fourth-order valence-electron chi connectivity index (χ4n) is 3.20. The number of rotatable bonds is 5. The molecule has 9 heteroatoms.